The second-order valence-electron chi connectivity index (χ2n) is 9.51. The van der Waals surface area contributed by atoms with E-state index in [1.807, 2.05) is 58.0 Å². The van der Waals surface area contributed by atoms with Crippen LogP contribution in [-0.4, -0.2) is 44.1 Å². The van der Waals surface area contributed by atoms with Crippen molar-refractivity contribution in [1.82, 2.24) is 19.9 Å². The molecule has 9 heteroatoms. The van der Waals surface area contributed by atoms with Gasteiger partial charge in [-0.25, -0.2) is 14.6 Å². The molecule has 3 heterocycles. The van der Waals surface area contributed by atoms with Gasteiger partial charge in [-0.1, -0.05) is 24.3 Å². The highest BCUT2D eigenvalue weighted by Gasteiger charge is 2.33. The molecule has 0 bridgehead atoms. The molecule has 1 aromatic carbocycles. The van der Waals surface area contributed by atoms with Crippen LogP contribution in [0.15, 0.2) is 55.0 Å². The highest BCUT2D eigenvalue weighted by Crippen LogP contribution is 2.34. The average molecular weight is 475 g/mol. The van der Waals surface area contributed by atoms with E-state index >= 15 is 0 Å². The van der Waals surface area contributed by atoms with Crippen molar-refractivity contribution >= 4 is 23.6 Å². The zero-order valence-corrected chi connectivity index (χ0v) is 20.4. The lowest BCUT2D eigenvalue weighted by Crippen LogP contribution is -2.36. The number of nitrogens with one attached hydrogen (secondary N) is 2. The quantitative estimate of drug-likeness (QED) is 0.512. The minimum absolute atomic E-state index is 0.0158. The van der Waals surface area contributed by atoms with Crippen LogP contribution >= 0.6 is 0 Å². The Morgan fingerprint density at radius 2 is 1.80 bits per heavy atom. The van der Waals surface area contributed by atoms with Crippen molar-refractivity contribution in [2.45, 2.75) is 52.2 Å². The maximum Gasteiger partial charge on any atom is 0.410 e. The Bertz CT molecular complexity index is 1190. The number of ether oxygens (including phenoxy) is 1. The standard InChI is InChI=1S/C26H30N6O3/c1-17-7-12-20(14-28-17)29-24(33)31-23-16-27-15-21(30-23)18-8-10-19(11-9-18)22-6-5-13-32(22)25(34)35-26(2,3)4/h7-12,14-16,22H,5-6,13H2,1-4H3,(H2,29,30,31,33). The van der Waals surface area contributed by atoms with Crippen molar-refractivity contribution in [3.63, 3.8) is 0 Å². The fourth-order valence-corrected chi connectivity index (χ4v) is 3.91. The van der Waals surface area contributed by atoms with E-state index in [2.05, 4.69) is 25.6 Å². The number of likely N-dealkylation sites (tertiary alicyclic amines) is 1. The van der Waals surface area contributed by atoms with Gasteiger partial charge in [0, 0.05) is 17.8 Å². The Labute approximate surface area is 205 Å². The first-order valence-electron chi connectivity index (χ1n) is 11.6. The third-order valence-corrected chi connectivity index (χ3v) is 5.52. The van der Waals surface area contributed by atoms with Crippen molar-refractivity contribution < 1.29 is 14.3 Å². The van der Waals surface area contributed by atoms with E-state index in [9.17, 15) is 9.59 Å². The summed E-state index contributed by atoms with van der Waals surface area (Å²) in [5.74, 6) is 0.330. The zero-order chi connectivity index (χ0) is 25.0. The smallest absolute Gasteiger partial charge is 0.410 e. The maximum atomic E-state index is 12.6. The van der Waals surface area contributed by atoms with Gasteiger partial charge in [0.2, 0.25) is 0 Å². The lowest BCUT2D eigenvalue weighted by atomic mass is 10.0. The summed E-state index contributed by atoms with van der Waals surface area (Å²) < 4.78 is 5.58. The number of urea groups is 1. The van der Waals surface area contributed by atoms with Crippen LogP contribution in [0, 0.1) is 6.92 Å². The van der Waals surface area contributed by atoms with Gasteiger partial charge in [-0.2, -0.15) is 0 Å². The van der Waals surface area contributed by atoms with E-state index in [0.29, 0.717) is 23.7 Å². The number of nitrogens with zero attached hydrogens (tertiary/aromatic N) is 4. The zero-order valence-electron chi connectivity index (χ0n) is 20.4. The molecule has 1 fully saturated rings. The van der Waals surface area contributed by atoms with E-state index < -0.39 is 11.6 Å². The van der Waals surface area contributed by atoms with Gasteiger partial charge in [-0.05, 0) is 58.2 Å². The van der Waals surface area contributed by atoms with Crippen LogP contribution in [0.25, 0.3) is 11.3 Å². The van der Waals surface area contributed by atoms with E-state index in [4.69, 9.17) is 4.74 Å². The largest absolute Gasteiger partial charge is 0.444 e. The fourth-order valence-electron chi connectivity index (χ4n) is 3.91. The fraction of sp³-hybridized carbons (Fsp3) is 0.346. The van der Waals surface area contributed by atoms with Crippen molar-refractivity contribution in [2.75, 3.05) is 17.2 Å². The van der Waals surface area contributed by atoms with E-state index in [0.717, 1.165) is 29.7 Å². The van der Waals surface area contributed by atoms with Crippen LogP contribution in [0.3, 0.4) is 0 Å². The van der Waals surface area contributed by atoms with E-state index in [-0.39, 0.29) is 12.1 Å². The van der Waals surface area contributed by atoms with Crippen LogP contribution in [0.4, 0.5) is 21.1 Å². The van der Waals surface area contributed by atoms with Crippen molar-refractivity contribution in [3.8, 4) is 11.3 Å². The molecule has 0 aliphatic carbocycles. The SMILES string of the molecule is Cc1ccc(NC(=O)Nc2cncc(-c3ccc(C4CCCN4C(=O)OC(C)(C)C)cc3)n2)cn1. The number of anilines is 2. The number of amides is 3. The summed E-state index contributed by atoms with van der Waals surface area (Å²) in [6.07, 6.45) is 6.27. The molecule has 3 aromatic rings. The molecule has 0 saturated carbocycles. The van der Waals surface area contributed by atoms with Crippen LogP contribution in [0.5, 0.6) is 0 Å². The van der Waals surface area contributed by atoms with Crippen molar-refractivity contribution in [2.24, 2.45) is 0 Å². The van der Waals surface area contributed by atoms with Crippen LogP contribution in [0.1, 0.15) is 50.9 Å². The first-order valence-corrected chi connectivity index (χ1v) is 11.6. The summed E-state index contributed by atoms with van der Waals surface area (Å²) >= 11 is 0. The second-order valence-corrected chi connectivity index (χ2v) is 9.51. The normalized spacial score (nSPS) is 15.5. The summed E-state index contributed by atoms with van der Waals surface area (Å²) in [6.45, 7) is 8.18. The third kappa shape index (κ3) is 6.32. The minimum Gasteiger partial charge on any atom is -0.444 e. The number of hydrogen-bond acceptors (Lipinski definition) is 6. The number of pyridine rings is 1. The molecule has 0 spiro atoms. The van der Waals surface area contributed by atoms with Gasteiger partial charge in [0.1, 0.15) is 5.60 Å². The third-order valence-electron chi connectivity index (χ3n) is 5.52. The molecule has 1 atom stereocenters. The molecular weight excluding hydrogens is 444 g/mol. The molecule has 0 radical (unpaired) electrons. The lowest BCUT2D eigenvalue weighted by molar-refractivity contribution is 0.0224. The molecule has 182 valence electrons. The van der Waals surface area contributed by atoms with Gasteiger partial charge in [-0.3, -0.25) is 15.3 Å². The van der Waals surface area contributed by atoms with Gasteiger partial charge in [-0.15, -0.1) is 0 Å². The predicted octanol–water partition coefficient (Wildman–Crippen LogP) is 5.56. The van der Waals surface area contributed by atoms with E-state index in [1.54, 1.807) is 23.4 Å². The summed E-state index contributed by atoms with van der Waals surface area (Å²) in [4.78, 5) is 39.6. The predicted molar refractivity (Wildman–Crippen MR) is 134 cm³/mol. The highest BCUT2D eigenvalue weighted by atomic mass is 16.6. The first-order chi connectivity index (χ1) is 16.7. The molecule has 1 aliphatic rings. The monoisotopic (exact) mass is 474 g/mol. The molecule has 1 saturated heterocycles. The molecule has 4 rings (SSSR count). The molecule has 35 heavy (non-hydrogen) atoms. The van der Waals surface area contributed by atoms with Gasteiger partial charge < -0.3 is 15.0 Å². The summed E-state index contributed by atoms with van der Waals surface area (Å²) in [7, 11) is 0. The molecule has 1 unspecified atom stereocenters. The van der Waals surface area contributed by atoms with Gasteiger partial charge in [0.15, 0.2) is 5.82 Å². The number of aryl methyl sites for hydroxylation is 1. The Morgan fingerprint density at radius 3 is 2.49 bits per heavy atom. The van der Waals surface area contributed by atoms with Crippen LogP contribution in [0.2, 0.25) is 0 Å². The Kier molecular flexibility index (Phi) is 6.95. The number of hydrogen-bond donors (Lipinski definition) is 2. The summed E-state index contributed by atoms with van der Waals surface area (Å²) in [5, 5.41) is 5.42. The van der Waals surface area contributed by atoms with Gasteiger partial charge in [0.25, 0.3) is 0 Å². The van der Waals surface area contributed by atoms with E-state index in [1.165, 1.54) is 6.20 Å². The topological polar surface area (TPSA) is 109 Å². The summed E-state index contributed by atoms with van der Waals surface area (Å²) in [5.41, 5.74) is 3.45. The number of carbonyl (C=O) groups excluding carboxylic acids is 2. The molecule has 2 aromatic heterocycles. The van der Waals surface area contributed by atoms with Gasteiger partial charge in [0.05, 0.1) is 36.0 Å². The Hall–Kier alpha value is -4.01. The molecule has 1 aliphatic heterocycles. The van der Waals surface area contributed by atoms with Crippen molar-refractivity contribution in [3.05, 3.63) is 66.2 Å². The number of rotatable bonds is 4. The molecule has 2 N–H and O–H groups in total. The van der Waals surface area contributed by atoms with Crippen LogP contribution < -0.4 is 10.6 Å². The summed E-state index contributed by atoms with van der Waals surface area (Å²) in [6, 6.07) is 11.1. The number of carbonyl (C=O) groups is 2. The molecular formula is C26H30N6O3. The Morgan fingerprint density at radius 1 is 1.03 bits per heavy atom. The maximum absolute atomic E-state index is 12.6. The molecule has 9 nitrogen and oxygen atoms in total. The molecule has 3 amide bonds. The number of aromatic nitrogens is 3. The average Bonchev–Trinajstić information content (AvgIpc) is 3.30. The van der Waals surface area contributed by atoms with Crippen LogP contribution in [-0.2, 0) is 4.74 Å². The highest BCUT2D eigenvalue weighted by molar-refractivity contribution is 5.99. The Balaban J connectivity index is 1.43. The minimum atomic E-state index is -0.528. The second kappa shape index (κ2) is 10.1. The van der Waals surface area contributed by atoms with Gasteiger partial charge >= 0.3 is 12.1 Å². The van der Waals surface area contributed by atoms with Crippen molar-refractivity contribution in [1.29, 1.82) is 0 Å². The number of benzene rings is 1. The first kappa shape index (κ1) is 24.1. The lowest BCUT2D eigenvalue weighted by Gasteiger charge is -2.29.